The van der Waals surface area contributed by atoms with Crippen LogP contribution in [0, 0.1) is 11.8 Å². The first kappa shape index (κ1) is 14.3. The van der Waals surface area contributed by atoms with Crippen molar-refractivity contribution in [2.75, 3.05) is 27.2 Å². The fourth-order valence-electron chi connectivity index (χ4n) is 3.91. The van der Waals surface area contributed by atoms with Gasteiger partial charge in [0, 0.05) is 25.2 Å². The lowest BCUT2D eigenvalue weighted by molar-refractivity contribution is 0.00973. The molecule has 0 spiro atoms. The van der Waals surface area contributed by atoms with Crippen LogP contribution in [0.25, 0.3) is 0 Å². The zero-order chi connectivity index (χ0) is 13.3. The van der Waals surface area contributed by atoms with Gasteiger partial charge in [-0.1, -0.05) is 20.3 Å². The largest absolute Gasteiger partial charge is 0.391 e. The van der Waals surface area contributed by atoms with Crippen LogP contribution in [-0.2, 0) is 0 Å². The van der Waals surface area contributed by atoms with Gasteiger partial charge >= 0.3 is 0 Å². The van der Waals surface area contributed by atoms with Gasteiger partial charge in [-0.3, -0.25) is 4.90 Å². The number of likely N-dealkylation sites (N-methyl/N-ethyl adjacent to an activating group) is 1. The number of aliphatic hydroxyl groups excluding tert-OH is 1. The van der Waals surface area contributed by atoms with Gasteiger partial charge in [-0.2, -0.15) is 0 Å². The fraction of sp³-hybridized carbons (Fsp3) is 1.00. The summed E-state index contributed by atoms with van der Waals surface area (Å²) in [5.74, 6) is 1.54. The SMILES string of the molecule is CCC1CCC(O)C(N2CC(C)C(N(C)C)C2)C1. The maximum absolute atomic E-state index is 10.3. The van der Waals surface area contributed by atoms with Gasteiger partial charge in [0.1, 0.15) is 0 Å². The molecule has 5 atom stereocenters. The summed E-state index contributed by atoms with van der Waals surface area (Å²) < 4.78 is 0. The number of hydrogen-bond acceptors (Lipinski definition) is 3. The monoisotopic (exact) mass is 254 g/mol. The molecular formula is C15H30N2O. The molecule has 3 heteroatoms. The van der Waals surface area contributed by atoms with Crippen molar-refractivity contribution in [3.8, 4) is 0 Å². The molecular weight excluding hydrogens is 224 g/mol. The molecule has 5 unspecified atom stereocenters. The number of aliphatic hydroxyl groups is 1. The molecule has 0 radical (unpaired) electrons. The van der Waals surface area contributed by atoms with E-state index in [1.165, 1.54) is 19.3 Å². The Labute approximate surface area is 112 Å². The fourth-order valence-corrected chi connectivity index (χ4v) is 3.91. The van der Waals surface area contributed by atoms with E-state index in [1.54, 1.807) is 0 Å². The standard InChI is InChI=1S/C15H30N2O/c1-5-12-6-7-15(18)13(8-12)17-9-11(2)14(10-17)16(3)4/h11-15,18H,5-10H2,1-4H3. The van der Waals surface area contributed by atoms with Crippen LogP contribution >= 0.6 is 0 Å². The van der Waals surface area contributed by atoms with Crippen LogP contribution in [0.4, 0.5) is 0 Å². The average Bonchev–Trinajstić information content (AvgIpc) is 2.72. The highest BCUT2D eigenvalue weighted by Crippen LogP contribution is 2.33. The van der Waals surface area contributed by atoms with E-state index in [1.807, 2.05) is 0 Å². The lowest BCUT2D eigenvalue weighted by Crippen LogP contribution is -2.47. The second-order valence-corrected chi connectivity index (χ2v) is 6.68. The molecule has 0 bridgehead atoms. The molecule has 2 rings (SSSR count). The normalized spacial score (nSPS) is 42.7. The summed E-state index contributed by atoms with van der Waals surface area (Å²) in [6.45, 7) is 6.92. The molecule has 0 amide bonds. The van der Waals surface area contributed by atoms with Gasteiger partial charge in [0.05, 0.1) is 6.10 Å². The first-order valence-electron chi connectivity index (χ1n) is 7.61. The molecule has 0 aromatic carbocycles. The molecule has 1 saturated heterocycles. The zero-order valence-electron chi connectivity index (χ0n) is 12.5. The van der Waals surface area contributed by atoms with Gasteiger partial charge in [0.15, 0.2) is 0 Å². The molecule has 2 aliphatic rings. The Balaban J connectivity index is 1.98. The molecule has 1 heterocycles. The van der Waals surface area contributed by atoms with Gasteiger partial charge in [-0.15, -0.1) is 0 Å². The van der Waals surface area contributed by atoms with Crippen molar-refractivity contribution in [1.82, 2.24) is 9.80 Å². The molecule has 3 nitrogen and oxygen atoms in total. The van der Waals surface area contributed by atoms with E-state index < -0.39 is 0 Å². The summed E-state index contributed by atoms with van der Waals surface area (Å²) in [5, 5.41) is 10.3. The third-order valence-corrected chi connectivity index (χ3v) is 5.20. The van der Waals surface area contributed by atoms with Crippen molar-refractivity contribution in [3.05, 3.63) is 0 Å². The van der Waals surface area contributed by atoms with Gasteiger partial charge in [0.25, 0.3) is 0 Å². The number of likely N-dealkylation sites (tertiary alicyclic amines) is 1. The molecule has 1 aliphatic carbocycles. The van der Waals surface area contributed by atoms with Crippen molar-refractivity contribution >= 4 is 0 Å². The van der Waals surface area contributed by atoms with Crippen LogP contribution in [0.1, 0.15) is 39.5 Å². The number of nitrogens with zero attached hydrogens (tertiary/aromatic N) is 2. The Morgan fingerprint density at radius 3 is 2.50 bits per heavy atom. The summed E-state index contributed by atoms with van der Waals surface area (Å²) in [4.78, 5) is 4.90. The maximum Gasteiger partial charge on any atom is 0.0695 e. The van der Waals surface area contributed by atoms with Crippen LogP contribution in [0.5, 0.6) is 0 Å². The second-order valence-electron chi connectivity index (χ2n) is 6.68. The van der Waals surface area contributed by atoms with Crippen LogP contribution < -0.4 is 0 Å². The molecule has 2 fully saturated rings. The number of hydrogen-bond donors (Lipinski definition) is 1. The van der Waals surface area contributed by atoms with E-state index in [-0.39, 0.29) is 6.10 Å². The van der Waals surface area contributed by atoms with Gasteiger partial charge in [-0.25, -0.2) is 0 Å². The van der Waals surface area contributed by atoms with Crippen molar-refractivity contribution in [2.45, 2.75) is 57.7 Å². The smallest absolute Gasteiger partial charge is 0.0695 e. The van der Waals surface area contributed by atoms with Gasteiger partial charge < -0.3 is 10.0 Å². The quantitative estimate of drug-likeness (QED) is 0.832. The van der Waals surface area contributed by atoms with Crippen LogP contribution in [0.3, 0.4) is 0 Å². The van der Waals surface area contributed by atoms with Crippen LogP contribution in [0.2, 0.25) is 0 Å². The summed E-state index contributed by atoms with van der Waals surface area (Å²) in [5.41, 5.74) is 0. The van der Waals surface area contributed by atoms with E-state index in [0.717, 1.165) is 25.4 Å². The minimum Gasteiger partial charge on any atom is -0.391 e. The van der Waals surface area contributed by atoms with Crippen LogP contribution in [0.15, 0.2) is 0 Å². The Morgan fingerprint density at radius 2 is 1.94 bits per heavy atom. The molecule has 0 aromatic rings. The van der Waals surface area contributed by atoms with Gasteiger partial charge in [-0.05, 0) is 45.2 Å². The lowest BCUT2D eigenvalue weighted by Gasteiger charge is -2.39. The van der Waals surface area contributed by atoms with E-state index in [9.17, 15) is 5.11 Å². The molecule has 18 heavy (non-hydrogen) atoms. The molecule has 106 valence electrons. The third-order valence-electron chi connectivity index (χ3n) is 5.20. The zero-order valence-corrected chi connectivity index (χ0v) is 12.5. The summed E-state index contributed by atoms with van der Waals surface area (Å²) in [7, 11) is 4.35. The molecule has 0 aromatic heterocycles. The molecule has 1 aliphatic heterocycles. The molecule has 1 N–H and O–H groups in total. The highest BCUT2D eigenvalue weighted by atomic mass is 16.3. The van der Waals surface area contributed by atoms with Crippen LogP contribution in [-0.4, -0.2) is 60.3 Å². The maximum atomic E-state index is 10.3. The predicted molar refractivity (Wildman–Crippen MR) is 75.6 cm³/mol. The summed E-state index contributed by atoms with van der Waals surface area (Å²) in [6, 6.07) is 1.07. The van der Waals surface area contributed by atoms with Gasteiger partial charge in [0.2, 0.25) is 0 Å². The Bertz CT molecular complexity index is 269. The third kappa shape index (κ3) is 2.89. The Hall–Kier alpha value is -0.120. The Kier molecular flexibility index (Phi) is 4.68. The highest BCUT2D eigenvalue weighted by molar-refractivity contribution is 4.94. The highest BCUT2D eigenvalue weighted by Gasteiger charge is 2.39. The first-order chi connectivity index (χ1) is 8.52. The van der Waals surface area contributed by atoms with Crippen molar-refractivity contribution in [2.24, 2.45) is 11.8 Å². The van der Waals surface area contributed by atoms with E-state index in [2.05, 4.69) is 37.7 Å². The van der Waals surface area contributed by atoms with E-state index >= 15 is 0 Å². The minimum atomic E-state index is -0.0964. The topological polar surface area (TPSA) is 26.7 Å². The summed E-state index contributed by atoms with van der Waals surface area (Å²) >= 11 is 0. The first-order valence-corrected chi connectivity index (χ1v) is 7.61. The second kappa shape index (κ2) is 5.89. The van der Waals surface area contributed by atoms with Crippen molar-refractivity contribution in [1.29, 1.82) is 0 Å². The lowest BCUT2D eigenvalue weighted by atomic mass is 9.82. The van der Waals surface area contributed by atoms with Crippen molar-refractivity contribution < 1.29 is 5.11 Å². The Morgan fingerprint density at radius 1 is 1.22 bits per heavy atom. The average molecular weight is 254 g/mol. The number of rotatable bonds is 3. The van der Waals surface area contributed by atoms with E-state index in [4.69, 9.17) is 0 Å². The molecule has 1 saturated carbocycles. The minimum absolute atomic E-state index is 0.0964. The van der Waals surface area contributed by atoms with E-state index in [0.29, 0.717) is 18.0 Å². The van der Waals surface area contributed by atoms with Crippen molar-refractivity contribution in [3.63, 3.8) is 0 Å². The predicted octanol–water partition coefficient (Wildman–Crippen LogP) is 1.81. The summed E-state index contributed by atoms with van der Waals surface area (Å²) in [6.07, 6.45) is 4.59.